The molecule has 23 heavy (non-hydrogen) atoms. The third kappa shape index (κ3) is 3.22. The van der Waals surface area contributed by atoms with Crippen LogP contribution >= 0.6 is 0 Å². The number of amides is 5. The molecule has 5 amide bonds. The van der Waals surface area contributed by atoms with Gasteiger partial charge in [0.25, 0.3) is 11.8 Å². The summed E-state index contributed by atoms with van der Waals surface area (Å²) in [7, 11) is 1.60. The zero-order chi connectivity index (χ0) is 17.0. The van der Waals surface area contributed by atoms with Crippen LogP contribution in [0, 0.1) is 0 Å². The highest BCUT2D eigenvalue weighted by atomic mass is 16.6. The summed E-state index contributed by atoms with van der Waals surface area (Å²) in [4.78, 5) is 50.3. The van der Waals surface area contributed by atoms with Crippen LogP contribution in [0.15, 0.2) is 0 Å². The number of carbonyl (C=O) groups is 4. The van der Waals surface area contributed by atoms with Crippen LogP contribution < -0.4 is 10.9 Å². The largest absolute Gasteiger partial charge is 0.449 e. The van der Waals surface area contributed by atoms with Crippen molar-refractivity contribution in [2.24, 2.45) is 0 Å². The summed E-state index contributed by atoms with van der Waals surface area (Å²) in [5.74, 6) is -1.00. The molecule has 9 heteroatoms. The van der Waals surface area contributed by atoms with Crippen molar-refractivity contribution in [3.8, 4) is 0 Å². The van der Waals surface area contributed by atoms with Crippen LogP contribution in [-0.2, 0) is 14.3 Å². The zero-order valence-electron chi connectivity index (χ0n) is 13.4. The van der Waals surface area contributed by atoms with Crippen LogP contribution in [0.25, 0.3) is 0 Å². The predicted octanol–water partition coefficient (Wildman–Crippen LogP) is 0.361. The van der Waals surface area contributed by atoms with E-state index in [-0.39, 0.29) is 12.5 Å². The number of imide groups is 1. The normalized spacial score (nSPS) is 19.9. The molecule has 9 nitrogen and oxygen atoms in total. The summed E-state index contributed by atoms with van der Waals surface area (Å²) in [6, 6.07) is -0.483. The van der Waals surface area contributed by atoms with Gasteiger partial charge in [-0.2, -0.15) is 0 Å². The average molecular weight is 326 g/mol. The second-order valence-electron chi connectivity index (χ2n) is 5.72. The maximum atomic E-state index is 12.7. The molecule has 2 fully saturated rings. The Morgan fingerprint density at radius 2 is 1.83 bits per heavy atom. The third-order valence-corrected chi connectivity index (χ3v) is 4.36. The lowest BCUT2D eigenvalue weighted by molar-refractivity contribution is -0.137. The van der Waals surface area contributed by atoms with Crippen LogP contribution in [0.1, 0.15) is 39.0 Å². The molecule has 128 valence electrons. The van der Waals surface area contributed by atoms with E-state index in [9.17, 15) is 19.2 Å². The van der Waals surface area contributed by atoms with E-state index in [1.54, 1.807) is 14.0 Å². The van der Waals surface area contributed by atoms with E-state index >= 15 is 0 Å². The lowest BCUT2D eigenvalue weighted by Crippen LogP contribution is -2.50. The van der Waals surface area contributed by atoms with Gasteiger partial charge in [-0.1, -0.05) is 19.3 Å². The summed E-state index contributed by atoms with van der Waals surface area (Å²) < 4.78 is 4.59. The minimum atomic E-state index is -0.815. The Morgan fingerprint density at radius 1 is 1.17 bits per heavy atom. The zero-order valence-corrected chi connectivity index (χ0v) is 13.4. The van der Waals surface area contributed by atoms with E-state index in [0.29, 0.717) is 12.8 Å². The summed E-state index contributed by atoms with van der Waals surface area (Å²) in [5, 5.41) is 0. The monoisotopic (exact) mass is 326 g/mol. The van der Waals surface area contributed by atoms with Crippen molar-refractivity contribution in [2.45, 2.75) is 44.6 Å². The number of likely N-dealkylation sites (N-methyl/N-ethyl adjacent to an activating group) is 1. The first-order valence-corrected chi connectivity index (χ1v) is 7.73. The first kappa shape index (κ1) is 17.0. The lowest BCUT2D eigenvalue weighted by Gasteiger charge is -2.35. The van der Waals surface area contributed by atoms with Gasteiger partial charge in [0.1, 0.15) is 12.1 Å². The van der Waals surface area contributed by atoms with Gasteiger partial charge in [0.15, 0.2) is 0 Å². The molecule has 0 aromatic rings. The molecule has 0 radical (unpaired) electrons. The molecule has 0 unspecified atom stereocenters. The van der Waals surface area contributed by atoms with Crippen molar-refractivity contribution in [3.63, 3.8) is 0 Å². The summed E-state index contributed by atoms with van der Waals surface area (Å²) >= 11 is 0. The standard InChI is InChI=1S/C14H22N4O5/c1-3-23-12(21)16-15-10(19)9-18-11(20)14(17(2)13(18)22)7-5-4-6-8-14/h3-9H2,1-2H3,(H,15,19)(H,16,21). The van der Waals surface area contributed by atoms with E-state index in [1.165, 1.54) is 4.90 Å². The summed E-state index contributed by atoms with van der Waals surface area (Å²) in [6.07, 6.45) is 3.24. The van der Waals surface area contributed by atoms with Crippen LogP contribution in [0.4, 0.5) is 9.59 Å². The SMILES string of the molecule is CCOC(=O)NNC(=O)CN1C(=O)N(C)C2(CCCCC2)C1=O. The number of ether oxygens (including phenoxy) is 1. The number of hydrogen-bond donors (Lipinski definition) is 2. The number of nitrogens with one attached hydrogen (secondary N) is 2. The van der Waals surface area contributed by atoms with Crippen molar-refractivity contribution >= 4 is 23.9 Å². The van der Waals surface area contributed by atoms with Gasteiger partial charge in [-0.05, 0) is 19.8 Å². The maximum Gasteiger partial charge on any atom is 0.426 e. The van der Waals surface area contributed by atoms with Gasteiger partial charge in [0, 0.05) is 7.05 Å². The van der Waals surface area contributed by atoms with Gasteiger partial charge in [-0.25, -0.2) is 15.0 Å². The fraction of sp³-hybridized carbons (Fsp3) is 0.714. The number of hydrazine groups is 1. The number of rotatable bonds is 3. The highest BCUT2D eigenvalue weighted by Crippen LogP contribution is 2.39. The Bertz CT molecular complexity index is 515. The molecule has 2 aliphatic rings. The Kier molecular flexibility index (Phi) is 5.07. The van der Waals surface area contributed by atoms with Crippen molar-refractivity contribution in [1.82, 2.24) is 20.7 Å². The molecular weight excluding hydrogens is 304 g/mol. The van der Waals surface area contributed by atoms with Gasteiger partial charge in [0.05, 0.1) is 6.61 Å². The summed E-state index contributed by atoms with van der Waals surface area (Å²) in [5.41, 5.74) is 3.34. The molecule has 0 aromatic heterocycles. The van der Waals surface area contributed by atoms with Gasteiger partial charge in [-0.3, -0.25) is 19.9 Å². The predicted molar refractivity (Wildman–Crippen MR) is 79.0 cm³/mol. The van der Waals surface area contributed by atoms with E-state index in [4.69, 9.17) is 0 Å². The average Bonchev–Trinajstić information content (AvgIpc) is 2.70. The number of carbonyl (C=O) groups excluding carboxylic acids is 4. The van der Waals surface area contributed by atoms with Crippen LogP contribution in [0.3, 0.4) is 0 Å². The number of urea groups is 1. The summed E-state index contributed by atoms with van der Waals surface area (Å²) in [6.45, 7) is 1.36. The molecule has 0 bridgehead atoms. The van der Waals surface area contributed by atoms with Crippen molar-refractivity contribution in [2.75, 3.05) is 20.2 Å². The number of hydrogen-bond acceptors (Lipinski definition) is 5. The molecule has 2 N–H and O–H groups in total. The van der Waals surface area contributed by atoms with Crippen molar-refractivity contribution < 1.29 is 23.9 Å². The first-order valence-electron chi connectivity index (χ1n) is 7.73. The lowest BCUT2D eigenvalue weighted by atomic mass is 9.81. The molecule has 2 rings (SSSR count). The Hall–Kier alpha value is -2.32. The molecule has 1 aliphatic heterocycles. The molecule has 1 spiro atoms. The van der Waals surface area contributed by atoms with Crippen molar-refractivity contribution in [3.05, 3.63) is 0 Å². The number of nitrogens with zero attached hydrogens (tertiary/aromatic N) is 2. The van der Waals surface area contributed by atoms with Gasteiger partial charge >= 0.3 is 12.1 Å². The maximum absolute atomic E-state index is 12.7. The minimum Gasteiger partial charge on any atom is -0.449 e. The smallest absolute Gasteiger partial charge is 0.426 e. The minimum absolute atomic E-state index is 0.165. The molecule has 1 heterocycles. The third-order valence-electron chi connectivity index (χ3n) is 4.36. The Balaban J connectivity index is 1.97. The van der Waals surface area contributed by atoms with Gasteiger partial charge in [-0.15, -0.1) is 0 Å². The fourth-order valence-electron chi connectivity index (χ4n) is 3.14. The van der Waals surface area contributed by atoms with Crippen molar-refractivity contribution in [1.29, 1.82) is 0 Å². The molecule has 0 aromatic carbocycles. The second kappa shape index (κ2) is 6.84. The van der Waals surface area contributed by atoms with Crippen LogP contribution in [0.5, 0.6) is 0 Å². The quantitative estimate of drug-likeness (QED) is 0.575. The fourth-order valence-corrected chi connectivity index (χ4v) is 3.14. The second-order valence-corrected chi connectivity index (χ2v) is 5.72. The Labute approximate surface area is 134 Å². The van der Waals surface area contributed by atoms with E-state index in [1.807, 2.05) is 5.43 Å². The van der Waals surface area contributed by atoms with Crippen LogP contribution in [-0.4, -0.2) is 59.5 Å². The highest BCUT2D eigenvalue weighted by Gasteiger charge is 2.55. The first-order chi connectivity index (χ1) is 10.9. The van der Waals surface area contributed by atoms with Gasteiger partial charge < -0.3 is 9.64 Å². The van der Waals surface area contributed by atoms with E-state index in [0.717, 1.165) is 24.2 Å². The topological polar surface area (TPSA) is 108 Å². The van der Waals surface area contributed by atoms with Gasteiger partial charge in [0.2, 0.25) is 0 Å². The van der Waals surface area contributed by atoms with E-state index in [2.05, 4.69) is 10.2 Å². The van der Waals surface area contributed by atoms with Crippen LogP contribution in [0.2, 0.25) is 0 Å². The Morgan fingerprint density at radius 3 is 2.43 bits per heavy atom. The molecular formula is C14H22N4O5. The molecule has 0 atom stereocenters. The molecule has 1 saturated carbocycles. The molecule has 1 saturated heterocycles. The van der Waals surface area contributed by atoms with E-state index < -0.39 is 30.1 Å². The molecule has 1 aliphatic carbocycles. The highest BCUT2D eigenvalue weighted by molar-refractivity contribution is 6.09.